The SMILES string of the molecule is C/C=C/C[C@@H](C)[C@@H](O)[C@H]1C(=O)N[C@@H](CC)C(=O)N(C)CC(=O)N(C)[C@@H](CC(C)C)C(=O)NC(C(C)C)C(=O)N(C)[C@@H](CC(C)C)C(=O)N[C@@H](C)C(=O)N[C@H](C)C(=O)N(C)[C@@H](CC(C)C)C(=O)N(C)C(CC(C)C)C(=O)N(C)[C@@H](C(C)C)C(=O)N1C. The fourth-order valence-corrected chi connectivity index (χ4v) is 10.7. The summed E-state index contributed by atoms with van der Waals surface area (Å²) in [6, 6.07) is -12.3. The fraction of sp³-hybridized carbons (Fsp3) is 0.790. The van der Waals surface area contributed by atoms with Crippen molar-refractivity contribution >= 4 is 65.0 Å². The Balaban J connectivity index is 4.32. The molecule has 5 N–H and O–H groups in total. The van der Waals surface area contributed by atoms with E-state index >= 15 is 9.59 Å². The zero-order chi connectivity index (χ0) is 66.0. The number of hydrogen-bond acceptors (Lipinski definition) is 12. The number of allylic oxidation sites excluding steroid dienone is 2. The molecule has 0 aromatic carbocycles. The molecule has 0 saturated carbocycles. The van der Waals surface area contributed by atoms with Crippen molar-refractivity contribution in [3.05, 3.63) is 12.2 Å². The summed E-state index contributed by atoms with van der Waals surface area (Å²) in [6.45, 7) is 29.3. The van der Waals surface area contributed by atoms with Crippen molar-refractivity contribution in [1.29, 1.82) is 0 Å². The molecule has 11 amide bonds. The second-order valence-electron chi connectivity index (χ2n) is 26.1. The Labute approximate surface area is 508 Å². The quantitative estimate of drug-likeness (QED) is 0.148. The van der Waals surface area contributed by atoms with Crippen LogP contribution >= 0.6 is 0 Å². The third kappa shape index (κ3) is 21.7. The van der Waals surface area contributed by atoms with Crippen LogP contribution in [0.15, 0.2) is 12.2 Å². The molecule has 1 aliphatic heterocycles. The number of amides is 11. The van der Waals surface area contributed by atoms with Gasteiger partial charge in [-0.2, -0.15) is 0 Å². The topological polar surface area (TPSA) is 279 Å². The molecule has 0 aromatic rings. The van der Waals surface area contributed by atoms with Crippen LogP contribution < -0.4 is 21.3 Å². The molecule has 0 radical (unpaired) electrons. The molecular formula is C62H111N11O12. The van der Waals surface area contributed by atoms with Crippen molar-refractivity contribution in [1.82, 2.24) is 55.6 Å². The van der Waals surface area contributed by atoms with Gasteiger partial charge in [0.15, 0.2) is 0 Å². The van der Waals surface area contributed by atoms with E-state index in [2.05, 4.69) is 21.3 Å². The maximum atomic E-state index is 15.1. The van der Waals surface area contributed by atoms with Gasteiger partial charge in [0.25, 0.3) is 0 Å². The average Bonchev–Trinajstić information content (AvgIpc) is 3.62. The Bertz CT molecular complexity index is 2330. The normalized spacial score (nSPS) is 26.9. The van der Waals surface area contributed by atoms with E-state index in [0.717, 1.165) is 9.80 Å². The van der Waals surface area contributed by atoms with Gasteiger partial charge >= 0.3 is 0 Å². The monoisotopic (exact) mass is 1200 g/mol. The molecule has 486 valence electrons. The average molecular weight is 1200 g/mol. The molecule has 23 heteroatoms. The number of hydrogen-bond donors (Lipinski definition) is 5. The van der Waals surface area contributed by atoms with Gasteiger partial charge in [0.05, 0.1) is 12.6 Å². The molecule has 1 rings (SSSR count). The summed E-state index contributed by atoms with van der Waals surface area (Å²) in [4.78, 5) is 169. The van der Waals surface area contributed by atoms with Gasteiger partial charge in [0.2, 0.25) is 65.0 Å². The predicted octanol–water partition coefficient (Wildman–Crippen LogP) is 3.27. The highest BCUT2D eigenvalue weighted by Crippen LogP contribution is 2.26. The van der Waals surface area contributed by atoms with Gasteiger partial charge in [-0.05, 0) is 101 Å². The largest absolute Gasteiger partial charge is 0.390 e. The minimum absolute atomic E-state index is 0.0229. The minimum atomic E-state index is -1.61. The van der Waals surface area contributed by atoms with Gasteiger partial charge in [0, 0.05) is 49.3 Å². The summed E-state index contributed by atoms with van der Waals surface area (Å²) in [5.41, 5.74) is 0. The smallest absolute Gasteiger partial charge is 0.246 e. The lowest BCUT2D eigenvalue weighted by molar-refractivity contribution is -0.157. The van der Waals surface area contributed by atoms with E-state index in [1.54, 1.807) is 54.5 Å². The first-order chi connectivity index (χ1) is 39.2. The molecule has 0 aliphatic carbocycles. The third-order valence-electron chi connectivity index (χ3n) is 16.1. The highest BCUT2D eigenvalue weighted by molar-refractivity contribution is 5.99. The van der Waals surface area contributed by atoms with E-state index in [-0.39, 0.29) is 55.8 Å². The molecule has 1 saturated heterocycles. The van der Waals surface area contributed by atoms with Crippen LogP contribution in [-0.4, -0.2) is 227 Å². The number of nitrogens with zero attached hydrogens (tertiary/aromatic N) is 7. The first-order valence-electron chi connectivity index (χ1n) is 30.6. The molecule has 0 aromatic heterocycles. The lowest BCUT2D eigenvalue weighted by Crippen LogP contribution is -2.63. The fourth-order valence-electron chi connectivity index (χ4n) is 10.7. The maximum Gasteiger partial charge on any atom is 0.246 e. The molecule has 1 heterocycles. The van der Waals surface area contributed by atoms with Gasteiger partial charge in [-0.25, -0.2) is 0 Å². The predicted molar refractivity (Wildman–Crippen MR) is 328 cm³/mol. The zero-order valence-corrected chi connectivity index (χ0v) is 56.1. The standard InChI is InChI=1S/C62H111N11O12/c1-25-27-28-40(15)52(75)51-56(79)65-43(26-2)58(81)67(18)33-48(74)68(19)44(29-34(3)4)55(78)66-49(38(11)12)61(84)69(20)45(30-35(5)6)54(77)63-41(16)53(76)64-42(17)57(80)70(21)46(31-36(7)8)59(82)71(22)47(32-37(9)10)60(83)72(23)50(39(13)14)62(85)73(51)24/h25,27,34-47,49-52,75H,26,28-33H2,1-24H3,(H,63,77)(H,64,76)(H,65,79)(H,66,78)/b27-25+/t40-,41+,42-,43+,44+,45+,46+,47?,49?,50+,51+,52-/m1/s1. The van der Waals surface area contributed by atoms with Crippen LogP contribution in [0.5, 0.6) is 0 Å². The number of nitrogens with one attached hydrogen (secondary N) is 4. The highest BCUT2D eigenvalue weighted by atomic mass is 16.3. The van der Waals surface area contributed by atoms with Crippen LogP contribution in [0.2, 0.25) is 0 Å². The molecule has 85 heavy (non-hydrogen) atoms. The number of likely N-dealkylation sites (N-methyl/N-ethyl adjacent to an activating group) is 7. The van der Waals surface area contributed by atoms with E-state index in [1.807, 2.05) is 61.5 Å². The summed E-state index contributed by atoms with van der Waals surface area (Å²) in [7, 11) is 9.92. The Morgan fingerprint density at radius 3 is 1.32 bits per heavy atom. The van der Waals surface area contributed by atoms with Crippen LogP contribution in [0.3, 0.4) is 0 Å². The lowest BCUT2D eigenvalue weighted by atomic mass is 9.91. The first kappa shape index (κ1) is 76.9. The van der Waals surface area contributed by atoms with Gasteiger partial charge in [-0.15, -0.1) is 0 Å². The summed E-state index contributed by atoms with van der Waals surface area (Å²) in [6.07, 6.45) is 3.04. The molecule has 1 fully saturated rings. The Hall–Kier alpha value is -6.13. The van der Waals surface area contributed by atoms with Crippen LogP contribution in [-0.2, 0) is 52.7 Å². The molecular weight excluding hydrogens is 1090 g/mol. The number of carbonyl (C=O) groups is 11. The molecule has 12 atom stereocenters. The Kier molecular flexibility index (Phi) is 31.5. The number of carbonyl (C=O) groups excluding carboxylic acids is 11. The first-order valence-corrected chi connectivity index (χ1v) is 30.6. The van der Waals surface area contributed by atoms with Crippen molar-refractivity contribution in [2.24, 2.45) is 41.4 Å². The summed E-state index contributed by atoms with van der Waals surface area (Å²) in [5.74, 6) is -9.71. The molecule has 0 bridgehead atoms. The molecule has 23 nitrogen and oxygen atoms in total. The van der Waals surface area contributed by atoms with Gasteiger partial charge in [-0.1, -0.05) is 109 Å². The van der Waals surface area contributed by atoms with Gasteiger partial charge in [0.1, 0.15) is 60.4 Å². The van der Waals surface area contributed by atoms with Crippen LogP contribution in [0.25, 0.3) is 0 Å². The van der Waals surface area contributed by atoms with Crippen molar-refractivity contribution in [3.8, 4) is 0 Å². The molecule has 0 spiro atoms. The summed E-state index contributed by atoms with van der Waals surface area (Å²) >= 11 is 0. The molecule has 1 aliphatic rings. The van der Waals surface area contributed by atoms with Crippen molar-refractivity contribution in [3.63, 3.8) is 0 Å². The second-order valence-corrected chi connectivity index (χ2v) is 26.1. The highest BCUT2D eigenvalue weighted by Gasteiger charge is 2.45. The number of aliphatic hydroxyl groups excluding tert-OH is 1. The van der Waals surface area contributed by atoms with Crippen LogP contribution in [0.4, 0.5) is 0 Å². The molecule has 2 unspecified atom stereocenters. The second kappa shape index (κ2) is 34.9. The van der Waals surface area contributed by atoms with Crippen molar-refractivity contribution in [2.45, 2.75) is 223 Å². The van der Waals surface area contributed by atoms with Crippen molar-refractivity contribution < 1.29 is 57.8 Å². The maximum absolute atomic E-state index is 15.1. The Morgan fingerprint density at radius 2 is 0.871 bits per heavy atom. The van der Waals surface area contributed by atoms with Gasteiger partial charge < -0.3 is 60.7 Å². The summed E-state index contributed by atoms with van der Waals surface area (Å²) in [5, 5.41) is 23.1. The van der Waals surface area contributed by atoms with Crippen LogP contribution in [0.1, 0.15) is 156 Å². The van der Waals surface area contributed by atoms with Crippen LogP contribution in [0, 0.1) is 41.4 Å². The van der Waals surface area contributed by atoms with E-state index < -0.39 is 156 Å². The van der Waals surface area contributed by atoms with E-state index in [9.17, 15) is 48.3 Å². The van der Waals surface area contributed by atoms with E-state index in [1.165, 1.54) is 87.7 Å². The van der Waals surface area contributed by atoms with Gasteiger partial charge in [-0.3, -0.25) is 52.7 Å². The van der Waals surface area contributed by atoms with Crippen molar-refractivity contribution in [2.75, 3.05) is 55.9 Å². The third-order valence-corrected chi connectivity index (χ3v) is 16.1. The minimum Gasteiger partial charge on any atom is -0.390 e. The zero-order valence-electron chi connectivity index (χ0n) is 56.1. The summed E-state index contributed by atoms with van der Waals surface area (Å²) < 4.78 is 0. The van der Waals surface area contributed by atoms with E-state index in [4.69, 9.17) is 0 Å². The Morgan fingerprint density at radius 1 is 0.459 bits per heavy atom. The number of rotatable bonds is 15. The number of aliphatic hydroxyl groups is 1. The van der Waals surface area contributed by atoms with E-state index in [0.29, 0.717) is 6.42 Å². The lowest BCUT2D eigenvalue weighted by Gasteiger charge is -2.41.